The quantitative estimate of drug-likeness (QED) is 0.0410. The number of rotatable bonds is 41. The fourth-order valence-corrected chi connectivity index (χ4v) is 7.65. The Balaban J connectivity index is 2.87. The van der Waals surface area contributed by atoms with Crippen molar-refractivity contribution in [3.05, 3.63) is 29.8 Å². The molecular formula is C49H83N7O9. The number of Topliss-reactive ketones (excluding diaryl/α,β-unsaturated/α-hetero) is 3. The number of amides is 5. The van der Waals surface area contributed by atoms with Crippen LogP contribution in [0.15, 0.2) is 24.3 Å². The van der Waals surface area contributed by atoms with E-state index in [-0.39, 0.29) is 62.5 Å². The Morgan fingerprint density at radius 1 is 0.569 bits per heavy atom. The molecule has 1 rings (SSSR count). The maximum Gasteiger partial charge on any atom is 0.239 e. The molecule has 0 unspecified atom stereocenters. The van der Waals surface area contributed by atoms with Gasteiger partial charge in [0.2, 0.25) is 29.5 Å². The highest BCUT2D eigenvalue weighted by atomic mass is 16.3. The van der Waals surface area contributed by atoms with Gasteiger partial charge in [-0.15, -0.1) is 0 Å². The van der Waals surface area contributed by atoms with Crippen molar-refractivity contribution in [1.82, 2.24) is 21.3 Å². The number of hydrogen-bond donors (Lipinski definition) is 8. The molecule has 0 aliphatic rings. The Hall–Kier alpha value is -4.70. The van der Waals surface area contributed by atoms with Gasteiger partial charge in [0, 0.05) is 37.5 Å². The van der Waals surface area contributed by atoms with E-state index < -0.39 is 65.7 Å². The van der Waals surface area contributed by atoms with Crippen LogP contribution in [0.3, 0.4) is 0 Å². The van der Waals surface area contributed by atoms with Crippen LogP contribution in [0.1, 0.15) is 174 Å². The van der Waals surface area contributed by atoms with Crippen LogP contribution in [-0.2, 0) is 44.8 Å². The molecule has 1 aromatic carbocycles. The van der Waals surface area contributed by atoms with Crippen LogP contribution in [0.4, 0.5) is 0 Å². The normalized spacial score (nSPS) is 12.9. The SMILES string of the molecule is CCCCCCCCCCCCCCCC(=O)NCC(=O)NCC(=O)C[C@@H](Cc1ccc(O)cc1)C(=O)N[C@@H](CCC(N)=O)C(=O)C[C@@H](CCCCN)C(=O)N[C@@H](CCCCN)C(C)=O. The lowest BCUT2D eigenvalue weighted by atomic mass is 9.89. The molecule has 0 saturated heterocycles. The molecule has 0 bridgehead atoms. The van der Waals surface area contributed by atoms with Crippen LogP contribution in [0.25, 0.3) is 0 Å². The lowest BCUT2D eigenvalue weighted by Crippen LogP contribution is -2.47. The highest BCUT2D eigenvalue weighted by Gasteiger charge is 2.32. The first-order chi connectivity index (χ1) is 31.2. The minimum atomic E-state index is -1.24. The van der Waals surface area contributed by atoms with Crippen molar-refractivity contribution in [1.29, 1.82) is 0 Å². The summed E-state index contributed by atoms with van der Waals surface area (Å²) >= 11 is 0. The van der Waals surface area contributed by atoms with Gasteiger partial charge in [-0.3, -0.25) is 38.4 Å². The van der Waals surface area contributed by atoms with Gasteiger partial charge in [0.05, 0.1) is 25.2 Å². The van der Waals surface area contributed by atoms with Gasteiger partial charge in [0.25, 0.3) is 0 Å². The number of carbonyl (C=O) groups excluding carboxylic acids is 8. The van der Waals surface area contributed by atoms with Crippen LogP contribution in [0.2, 0.25) is 0 Å². The van der Waals surface area contributed by atoms with Crippen LogP contribution >= 0.6 is 0 Å². The Morgan fingerprint density at radius 3 is 1.65 bits per heavy atom. The van der Waals surface area contributed by atoms with E-state index in [2.05, 4.69) is 28.2 Å². The summed E-state index contributed by atoms with van der Waals surface area (Å²) in [7, 11) is 0. The minimum Gasteiger partial charge on any atom is -0.508 e. The predicted molar refractivity (Wildman–Crippen MR) is 253 cm³/mol. The molecule has 0 saturated carbocycles. The number of hydrogen-bond acceptors (Lipinski definition) is 11. The second kappa shape index (κ2) is 36.5. The van der Waals surface area contributed by atoms with E-state index in [4.69, 9.17) is 17.2 Å². The number of ketones is 3. The first-order valence-electron chi connectivity index (χ1n) is 24.4. The van der Waals surface area contributed by atoms with Gasteiger partial charge in [-0.25, -0.2) is 0 Å². The van der Waals surface area contributed by atoms with Gasteiger partial charge < -0.3 is 43.6 Å². The van der Waals surface area contributed by atoms with E-state index in [1.807, 2.05) is 0 Å². The molecule has 11 N–H and O–H groups in total. The summed E-state index contributed by atoms with van der Waals surface area (Å²) in [4.78, 5) is 104. The molecule has 0 aromatic heterocycles. The number of aromatic hydroxyl groups is 1. The molecule has 16 heteroatoms. The second-order valence-electron chi connectivity index (χ2n) is 17.5. The molecular weight excluding hydrogens is 831 g/mol. The predicted octanol–water partition coefficient (Wildman–Crippen LogP) is 4.88. The third-order valence-corrected chi connectivity index (χ3v) is 11.7. The summed E-state index contributed by atoms with van der Waals surface area (Å²) in [5.74, 6) is -5.85. The van der Waals surface area contributed by atoms with Crippen LogP contribution in [0.5, 0.6) is 5.75 Å². The van der Waals surface area contributed by atoms with Crippen LogP contribution < -0.4 is 38.5 Å². The molecule has 1 aromatic rings. The Labute approximate surface area is 387 Å². The van der Waals surface area contributed by atoms with Crippen molar-refractivity contribution < 1.29 is 43.5 Å². The summed E-state index contributed by atoms with van der Waals surface area (Å²) in [6.45, 7) is 3.70. The number of primary amides is 1. The average Bonchev–Trinajstić information content (AvgIpc) is 3.27. The van der Waals surface area contributed by atoms with E-state index >= 15 is 0 Å². The molecule has 5 amide bonds. The maximum absolute atomic E-state index is 14.0. The smallest absolute Gasteiger partial charge is 0.239 e. The standard InChI is InChI=1S/C49H83N7O9/c1-3-4-5-6-7-8-9-10-11-12-13-14-15-22-46(62)54-35-47(63)53-34-41(59)32-39(31-37-23-25-40(58)26-24-37)49(65)56-43(27-28-45(52)61)44(60)33-38(20-16-18-29-50)48(64)55-42(36(2)57)21-17-19-30-51/h23-26,38-39,42-43,58H,3-22,27-35,50-51H2,1-2H3,(H2,52,61)(H,53,63)(H,54,62)(H,55,64)(H,56,65)/t38-,39-,42+,43+/m1/s1. The van der Waals surface area contributed by atoms with Gasteiger partial charge in [0.15, 0.2) is 17.3 Å². The summed E-state index contributed by atoms with van der Waals surface area (Å²) in [5.41, 5.74) is 17.3. The van der Waals surface area contributed by atoms with Crippen LogP contribution in [0, 0.1) is 11.8 Å². The molecule has 4 atom stereocenters. The van der Waals surface area contributed by atoms with Crippen molar-refractivity contribution in [2.75, 3.05) is 26.2 Å². The molecule has 16 nitrogen and oxygen atoms in total. The molecule has 0 aliphatic carbocycles. The summed E-state index contributed by atoms with van der Waals surface area (Å²) < 4.78 is 0. The maximum atomic E-state index is 14.0. The van der Waals surface area contributed by atoms with Crippen molar-refractivity contribution in [2.24, 2.45) is 29.0 Å². The molecule has 65 heavy (non-hydrogen) atoms. The first kappa shape index (κ1) is 58.3. The Kier molecular flexibility index (Phi) is 32.8. The average molecular weight is 914 g/mol. The van der Waals surface area contributed by atoms with E-state index in [1.54, 1.807) is 12.1 Å². The molecule has 0 fully saturated rings. The zero-order valence-corrected chi connectivity index (χ0v) is 39.6. The molecule has 0 heterocycles. The Morgan fingerprint density at radius 2 is 1.09 bits per heavy atom. The zero-order chi connectivity index (χ0) is 48.2. The third-order valence-electron chi connectivity index (χ3n) is 11.7. The van der Waals surface area contributed by atoms with Gasteiger partial charge in [0.1, 0.15) is 5.75 Å². The van der Waals surface area contributed by atoms with Crippen molar-refractivity contribution in [3.8, 4) is 5.75 Å². The fourth-order valence-electron chi connectivity index (χ4n) is 7.65. The van der Waals surface area contributed by atoms with E-state index in [0.29, 0.717) is 57.2 Å². The van der Waals surface area contributed by atoms with Gasteiger partial charge in [-0.05, 0) is 89.1 Å². The highest BCUT2D eigenvalue weighted by Crippen LogP contribution is 2.21. The fraction of sp³-hybridized carbons (Fsp3) is 0.714. The van der Waals surface area contributed by atoms with Crippen LogP contribution in [-0.4, -0.2) is 90.3 Å². The highest BCUT2D eigenvalue weighted by molar-refractivity contribution is 5.96. The third kappa shape index (κ3) is 29.5. The lowest BCUT2D eigenvalue weighted by molar-refractivity contribution is -0.135. The molecule has 0 spiro atoms. The molecule has 368 valence electrons. The monoisotopic (exact) mass is 914 g/mol. The van der Waals surface area contributed by atoms with E-state index in [1.165, 1.54) is 76.8 Å². The number of phenolic OH excluding ortho intramolecular Hbond substituents is 1. The van der Waals surface area contributed by atoms with Crippen molar-refractivity contribution in [2.45, 2.75) is 186 Å². The summed E-state index contributed by atoms with van der Waals surface area (Å²) in [6.07, 6.45) is 17.9. The first-order valence-corrected chi connectivity index (χ1v) is 24.4. The summed E-state index contributed by atoms with van der Waals surface area (Å²) in [6, 6.07) is 4.05. The van der Waals surface area contributed by atoms with Gasteiger partial charge >= 0.3 is 0 Å². The number of phenols is 1. The number of benzene rings is 1. The van der Waals surface area contributed by atoms with Gasteiger partial charge in [-0.1, -0.05) is 103 Å². The van der Waals surface area contributed by atoms with Crippen molar-refractivity contribution >= 4 is 46.9 Å². The lowest BCUT2D eigenvalue weighted by Gasteiger charge is -2.25. The zero-order valence-electron chi connectivity index (χ0n) is 39.6. The molecule has 0 aliphatic heterocycles. The second-order valence-corrected chi connectivity index (χ2v) is 17.5. The topological polar surface area (TPSA) is 283 Å². The van der Waals surface area contributed by atoms with E-state index in [0.717, 1.165) is 25.7 Å². The summed E-state index contributed by atoms with van der Waals surface area (Å²) in [5, 5.41) is 20.4. The number of carbonyl (C=O) groups is 8. The number of nitrogens with two attached hydrogens (primary N) is 3. The van der Waals surface area contributed by atoms with Gasteiger partial charge in [-0.2, -0.15) is 0 Å². The van der Waals surface area contributed by atoms with E-state index in [9.17, 15) is 43.5 Å². The number of nitrogens with one attached hydrogen (secondary N) is 4. The number of unbranched alkanes of at least 4 members (excludes halogenated alkanes) is 14. The Bertz CT molecular complexity index is 1570. The molecule has 0 radical (unpaired) electrons. The largest absolute Gasteiger partial charge is 0.508 e. The van der Waals surface area contributed by atoms with Crippen molar-refractivity contribution in [3.63, 3.8) is 0 Å². The minimum absolute atomic E-state index is 0.00248.